The molecule has 86 valence electrons. The van der Waals surface area contributed by atoms with Gasteiger partial charge in [0, 0.05) is 23.0 Å². The van der Waals surface area contributed by atoms with Crippen LogP contribution < -0.4 is 11.1 Å². The second-order valence-electron chi connectivity index (χ2n) is 4.66. The summed E-state index contributed by atoms with van der Waals surface area (Å²) < 4.78 is 0. The summed E-state index contributed by atoms with van der Waals surface area (Å²) in [6, 6.07) is 8.43. The van der Waals surface area contributed by atoms with Crippen molar-refractivity contribution in [3.05, 3.63) is 59.8 Å². The molecule has 2 nitrogen and oxygen atoms in total. The third-order valence-corrected chi connectivity index (χ3v) is 3.52. The summed E-state index contributed by atoms with van der Waals surface area (Å²) in [5.74, 6) is 0.522. The lowest BCUT2D eigenvalue weighted by Gasteiger charge is -2.23. The Balaban J connectivity index is 2.04. The molecule has 3 rings (SSSR count). The molecule has 0 saturated heterocycles. The Morgan fingerprint density at radius 3 is 2.88 bits per heavy atom. The number of anilines is 1. The van der Waals surface area contributed by atoms with E-state index in [2.05, 4.69) is 42.7 Å². The van der Waals surface area contributed by atoms with Gasteiger partial charge in [-0.1, -0.05) is 43.4 Å². The molecule has 2 unspecified atom stereocenters. The lowest BCUT2D eigenvalue weighted by Crippen LogP contribution is -2.29. The number of nitrogen functional groups attached to an aromatic ring is 1. The second kappa shape index (κ2) is 3.81. The van der Waals surface area contributed by atoms with Gasteiger partial charge >= 0.3 is 0 Å². The van der Waals surface area contributed by atoms with E-state index in [9.17, 15) is 0 Å². The SMILES string of the molecule is CC1C=CC=C2C(c3ccccc3N)=CNC21. The Labute approximate surface area is 102 Å². The molecule has 0 radical (unpaired) electrons. The van der Waals surface area contributed by atoms with Gasteiger partial charge in [0.05, 0.1) is 6.04 Å². The van der Waals surface area contributed by atoms with E-state index in [1.807, 2.05) is 18.2 Å². The number of nitrogens with one attached hydrogen (secondary N) is 1. The smallest absolute Gasteiger partial charge is 0.0575 e. The zero-order chi connectivity index (χ0) is 11.8. The minimum Gasteiger partial charge on any atom is -0.398 e. The summed E-state index contributed by atoms with van der Waals surface area (Å²) in [5.41, 5.74) is 10.6. The maximum absolute atomic E-state index is 6.04. The van der Waals surface area contributed by atoms with Crippen LogP contribution in [-0.4, -0.2) is 6.04 Å². The summed E-state index contributed by atoms with van der Waals surface area (Å²) in [6.07, 6.45) is 8.64. The van der Waals surface area contributed by atoms with Crippen molar-refractivity contribution in [1.29, 1.82) is 0 Å². The van der Waals surface area contributed by atoms with Crippen molar-refractivity contribution < 1.29 is 0 Å². The monoisotopic (exact) mass is 224 g/mol. The first-order valence-electron chi connectivity index (χ1n) is 5.97. The molecule has 1 aromatic carbocycles. The minimum atomic E-state index is 0.398. The molecule has 2 heteroatoms. The van der Waals surface area contributed by atoms with Crippen LogP contribution in [0.2, 0.25) is 0 Å². The third-order valence-electron chi connectivity index (χ3n) is 3.52. The van der Waals surface area contributed by atoms with Gasteiger partial charge in [-0.2, -0.15) is 0 Å². The molecule has 3 N–H and O–H groups in total. The van der Waals surface area contributed by atoms with E-state index in [1.165, 1.54) is 11.1 Å². The highest BCUT2D eigenvalue weighted by Gasteiger charge is 2.29. The second-order valence-corrected chi connectivity index (χ2v) is 4.66. The van der Waals surface area contributed by atoms with Crippen molar-refractivity contribution in [3.8, 4) is 0 Å². The highest BCUT2D eigenvalue weighted by molar-refractivity contribution is 5.88. The molecule has 0 saturated carbocycles. The van der Waals surface area contributed by atoms with Gasteiger partial charge in [-0.3, -0.25) is 0 Å². The van der Waals surface area contributed by atoms with Crippen LogP contribution in [0.15, 0.2) is 54.3 Å². The Morgan fingerprint density at radius 1 is 1.24 bits per heavy atom. The van der Waals surface area contributed by atoms with Crippen LogP contribution in [0.5, 0.6) is 0 Å². The van der Waals surface area contributed by atoms with Crippen LogP contribution in [0.1, 0.15) is 12.5 Å². The molecule has 0 fully saturated rings. The highest BCUT2D eigenvalue weighted by atomic mass is 14.9. The number of nitrogens with two attached hydrogens (primary N) is 1. The first kappa shape index (κ1) is 10.2. The zero-order valence-electron chi connectivity index (χ0n) is 9.85. The van der Waals surface area contributed by atoms with Crippen molar-refractivity contribution in [2.45, 2.75) is 13.0 Å². The quantitative estimate of drug-likeness (QED) is 0.720. The molecule has 0 amide bonds. The molecule has 1 aliphatic carbocycles. The largest absolute Gasteiger partial charge is 0.398 e. The van der Waals surface area contributed by atoms with Gasteiger partial charge in [0.2, 0.25) is 0 Å². The van der Waals surface area contributed by atoms with Crippen molar-refractivity contribution in [2.75, 3.05) is 5.73 Å². The highest BCUT2D eigenvalue weighted by Crippen LogP contribution is 2.37. The van der Waals surface area contributed by atoms with Crippen LogP contribution in [0.4, 0.5) is 5.69 Å². The van der Waals surface area contributed by atoms with E-state index in [1.54, 1.807) is 0 Å². The number of hydrogen-bond acceptors (Lipinski definition) is 2. The zero-order valence-corrected chi connectivity index (χ0v) is 9.85. The summed E-state index contributed by atoms with van der Waals surface area (Å²) >= 11 is 0. The Hall–Kier alpha value is -1.96. The minimum absolute atomic E-state index is 0.398. The number of rotatable bonds is 1. The molecular weight excluding hydrogens is 208 g/mol. The average molecular weight is 224 g/mol. The van der Waals surface area contributed by atoms with Gasteiger partial charge in [-0.25, -0.2) is 0 Å². The molecule has 0 aromatic heterocycles. The van der Waals surface area contributed by atoms with E-state index in [0.717, 1.165) is 11.3 Å². The van der Waals surface area contributed by atoms with Crippen molar-refractivity contribution in [2.24, 2.45) is 5.92 Å². The predicted octanol–water partition coefficient (Wildman–Crippen LogP) is 2.71. The van der Waals surface area contributed by atoms with Gasteiger partial charge in [0.25, 0.3) is 0 Å². The Bertz CT molecular complexity index is 538. The molecule has 0 spiro atoms. The molecule has 2 atom stereocenters. The van der Waals surface area contributed by atoms with Gasteiger partial charge in [0.15, 0.2) is 0 Å². The summed E-state index contributed by atoms with van der Waals surface area (Å²) in [7, 11) is 0. The van der Waals surface area contributed by atoms with Crippen LogP contribution in [-0.2, 0) is 0 Å². The topological polar surface area (TPSA) is 38.0 Å². The predicted molar refractivity (Wildman–Crippen MR) is 72.1 cm³/mol. The summed E-state index contributed by atoms with van der Waals surface area (Å²) in [4.78, 5) is 0. The number of benzene rings is 1. The van der Waals surface area contributed by atoms with Crippen molar-refractivity contribution in [1.82, 2.24) is 5.32 Å². The van der Waals surface area contributed by atoms with E-state index in [4.69, 9.17) is 5.73 Å². The fourth-order valence-electron chi connectivity index (χ4n) is 2.56. The number of allylic oxidation sites excluding steroid dienone is 2. The number of para-hydroxylation sites is 1. The third kappa shape index (κ3) is 1.57. The fourth-order valence-corrected chi connectivity index (χ4v) is 2.56. The molecule has 0 bridgehead atoms. The molecular formula is C15H16N2. The van der Waals surface area contributed by atoms with Crippen molar-refractivity contribution in [3.63, 3.8) is 0 Å². The van der Waals surface area contributed by atoms with E-state index >= 15 is 0 Å². The molecule has 17 heavy (non-hydrogen) atoms. The van der Waals surface area contributed by atoms with E-state index in [0.29, 0.717) is 12.0 Å². The average Bonchev–Trinajstić information content (AvgIpc) is 2.75. The van der Waals surface area contributed by atoms with Gasteiger partial charge in [0.1, 0.15) is 0 Å². The Morgan fingerprint density at radius 2 is 2.06 bits per heavy atom. The lowest BCUT2D eigenvalue weighted by molar-refractivity contribution is 0.558. The normalized spacial score (nSPS) is 25.9. The maximum atomic E-state index is 6.04. The lowest BCUT2D eigenvalue weighted by atomic mass is 9.86. The van der Waals surface area contributed by atoms with Crippen LogP contribution >= 0.6 is 0 Å². The maximum Gasteiger partial charge on any atom is 0.0575 e. The Kier molecular flexibility index (Phi) is 2.29. The first-order valence-corrected chi connectivity index (χ1v) is 5.97. The standard InChI is InChI=1S/C15H16N2/c1-10-5-4-7-12-13(9-17-15(10)12)11-6-2-3-8-14(11)16/h2-10,15,17H,16H2,1H3. The first-order chi connectivity index (χ1) is 8.27. The van der Waals surface area contributed by atoms with E-state index < -0.39 is 0 Å². The molecule has 1 heterocycles. The molecule has 1 aromatic rings. The van der Waals surface area contributed by atoms with Crippen LogP contribution in [0.25, 0.3) is 5.57 Å². The number of fused-ring (bicyclic) bond motifs is 1. The van der Waals surface area contributed by atoms with Gasteiger partial charge in [-0.15, -0.1) is 0 Å². The van der Waals surface area contributed by atoms with Crippen molar-refractivity contribution >= 4 is 11.3 Å². The van der Waals surface area contributed by atoms with Crippen LogP contribution in [0, 0.1) is 5.92 Å². The van der Waals surface area contributed by atoms with Gasteiger partial charge in [-0.05, 0) is 17.6 Å². The fraction of sp³-hybridized carbons (Fsp3) is 0.200. The number of hydrogen-bond donors (Lipinski definition) is 2. The van der Waals surface area contributed by atoms with E-state index in [-0.39, 0.29) is 0 Å². The van der Waals surface area contributed by atoms with Crippen LogP contribution in [0.3, 0.4) is 0 Å². The molecule has 2 aliphatic rings. The summed E-state index contributed by atoms with van der Waals surface area (Å²) in [5, 5.41) is 3.45. The molecule has 1 aliphatic heterocycles. The summed E-state index contributed by atoms with van der Waals surface area (Å²) in [6.45, 7) is 2.23. The van der Waals surface area contributed by atoms with Gasteiger partial charge < -0.3 is 11.1 Å².